The molecule has 0 spiro atoms. The highest BCUT2D eigenvalue weighted by atomic mass is 16.7. The van der Waals surface area contributed by atoms with E-state index in [0.29, 0.717) is 24.5 Å². The SMILES string of the molecule is COC(=O)c1cnc(Nc2cc([C@H]3CC[C@@H](OC(=O)Oc4ccc([N+](=O)[O-])cc4)C3)[nH]n2)cn1. The van der Waals surface area contributed by atoms with Gasteiger partial charge in [-0.05, 0) is 31.4 Å². The number of methoxy groups -OCH3 is 1. The number of anilines is 2. The van der Waals surface area contributed by atoms with Crippen LogP contribution in [0.3, 0.4) is 0 Å². The van der Waals surface area contributed by atoms with Gasteiger partial charge in [0.05, 0.1) is 24.4 Å². The number of hydrogen-bond acceptors (Lipinski definition) is 11. The summed E-state index contributed by atoms with van der Waals surface area (Å²) in [6.07, 6.45) is 3.54. The van der Waals surface area contributed by atoms with Crippen LogP contribution in [0.5, 0.6) is 5.75 Å². The Bertz CT molecular complexity index is 1180. The van der Waals surface area contributed by atoms with Crippen LogP contribution in [0.2, 0.25) is 0 Å². The minimum absolute atomic E-state index is 0.0971. The highest BCUT2D eigenvalue weighted by Gasteiger charge is 2.30. The normalized spacial score (nSPS) is 17.1. The lowest BCUT2D eigenvalue weighted by Crippen LogP contribution is -2.18. The quantitative estimate of drug-likeness (QED) is 0.225. The number of esters is 1. The number of H-pyrrole nitrogens is 1. The molecular weight excluding hydrogens is 448 g/mol. The molecule has 1 aliphatic carbocycles. The van der Waals surface area contributed by atoms with Gasteiger partial charge in [0.1, 0.15) is 17.7 Å². The molecule has 13 heteroatoms. The predicted octanol–water partition coefficient (Wildman–Crippen LogP) is 3.49. The van der Waals surface area contributed by atoms with E-state index in [1.165, 1.54) is 43.8 Å². The number of nitro benzene ring substituents is 1. The summed E-state index contributed by atoms with van der Waals surface area (Å²) in [7, 11) is 1.27. The molecule has 2 heterocycles. The maximum absolute atomic E-state index is 12.1. The summed E-state index contributed by atoms with van der Waals surface area (Å²) in [5.74, 6) is 0.630. The van der Waals surface area contributed by atoms with Gasteiger partial charge < -0.3 is 19.5 Å². The van der Waals surface area contributed by atoms with E-state index in [0.717, 1.165) is 12.1 Å². The third-order valence-corrected chi connectivity index (χ3v) is 5.24. The molecule has 0 aliphatic heterocycles. The van der Waals surface area contributed by atoms with Crippen molar-refractivity contribution in [3.8, 4) is 5.75 Å². The van der Waals surface area contributed by atoms with Gasteiger partial charge in [-0.25, -0.2) is 19.6 Å². The first-order chi connectivity index (χ1) is 16.4. The third-order valence-electron chi connectivity index (χ3n) is 5.24. The van der Waals surface area contributed by atoms with E-state index in [1.807, 2.05) is 6.07 Å². The maximum Gasteiger partial charge on any atom is 0.514 e. The van der Waals surface area contributed by atoms with Crippen LogP contribution in [0, 0.1) is 10.1 Å². The molecule has 0 saturated heterocycles. The van der Waals surface area contributed by atoms with E-state index in [2.05, 4.69) is 30.2 Å². The molecule has 2 N–H and O–H groups in total. The van der Waals surface area contributed by atoms with Gasteiger partial charge in [-0.15, -0.1) is 0 Å². The Balaban J connectivity index is 1.27. The number of rotatable bonds is 7. The zero-order chi connectivity index (χ0) is 24.1. The molecule has 0 unspecified atom stereocenters. The summed E-state index contributed by atoms with van der Waals surface area (Å²) in [5.41, 5.74) is 0.870. The number of carbonyl (C=O) groups excluding carboxylic acids is 2. The molecular formula is C21H20N6O7. The highest BCUT2D eigenvalue weighted by Crippen LogP contribution is 2.36. The van der Waals surface area contributed by atoms with Gasteiger partial charge in [-0.3, -0.25) is 15.2 Å². The monoisotopic (exact) mass is 468 g/mol. The minimum Gasteiger partial charge on any atom is -0.464 e. The van der Waals surface area contributed by atoms with Crippen LogP contribution in [0.1, 0.15) is 41.4 Å². The van der Waals surface area contributed by atoms with E-state index in [-0.39, 0.29) is 29.2 Å². The largest absolute Gasteiger partial charge is 0.514 e. The Morgan fingerprint density at radius 3 is 2.62 bits per heavy atom. The van der Waals surface area contributed by atoms with Crippen molar-refractivity contribution in [2.45, 2.75) is 31.3 Å². The molecule has 2 aromatic heterocycles. The number of benzene rings is 1. The van der Waals surface area contributed by atoms with Crippen LogP contribution in [-0.4, -0.2) is 50.4 Å². The lowest BCUT2D eigenvalue weighted by molar-refractivity contribution is -0.384. The molecule has 1 saturated carbocycles. The fourth-order valence-electron chi connectivity index (χ4n) is 3.57. The zero-order valence-corrected chi connectivity index (χ0v) is 18.0. The number of hydrogen-bond donors (Lipinski definition) is 2. The number of aromatic nitrogens is 4. The maximum atomic E-state index is 12.1. The van der Waals surface area contributed by atoms with Crippen molar-refractivity contribution in [1.29, 1.82) is 0 Å². The Morgan fingerprint density at radius 2 is 1.94 bits per heavy atom. The first kappa shape index (κ1) is 22.6. The molecule has 2 atom stereocenters. The number of non-ortho nitro benzene ring substituents is 1. The van der Waals surface area contributed by atoms with Gasteiger partial charge in [0.25, 0.3) is 5.69 Å². The summed E-state index contributed by atoms with van der Waals surface area (Å²) < 4.78 is 15.1. The number of aromatic amines is 1. The fourth-order valence-corrected chi connectivity index (χ4v) is 3.57. The summed E-state index contributed by atoms with van der Waals surface area (Å²) in [4.78, 5) is 41.7. The zero-order valence-electron chi connectivity index (χ0n) is 18.0. The summed E-state index contributed by atoms with van der Waals surface area (Å²) >= 11 is 0. The van der Waals surface area contributed by atoms with Crippen molar-refractivity contribution in [3.05, 3.63) is 64.2 Å². The van der Waals surface area contributed by atoms with Crippen LogP contribution < -0.4 is 10.1 Å². The highest BCUT2D eigenvalue weighted by molar-refractivity contribution is 5.86. The summed E-state index contributed by atoms with van der Waals surface area (Å²) in [6, 6.07) is 7.00. The molecule has 0 amide bonds. The van der Waals surface area contributed by atoms with Gasteiger partial charge in [-0.2, -0.15) is 5.10 Å². The Labute approximate surface area is 192 Å². The first-order valence-corrected chi connectivity index (χ1v) is 10.3. The van der Waals surface area contributed by atoms with E-state index in [1.54, 1.807) is 0 Å². The smallest absolute Gasteiger partial charge is 0.464 e. The Hall–Kier alpha value is -4.55. The van der Waals surface area contributed by atoms with Gasteiger partial charge in [0.2, 0.25) is 0 Å². The summed E-state index contributed by atoms with van der Waals surface area (Å²) in [6.45, 7) is 0. The lowest BCUT2D eigenvalue weighted by Gasteiger charge is -2.12. The van der Waals surface area contributed by atoms with E-state index >= 15 is 0 Å². The van der Waals surface area contributed by atoms with E-state index in [4.69, 9.17) is 9.47 Å². The van der Waals surface area contributed by atoms with Crippen LogP contribution in [0.25, 0.3) is 0 Å². The van der Waals surface area contributed by atoms with Gasteiger partial charge >= 0.3 is 12.1 Å². The van der Waals surface area contributed by atoms with Gasteiger partial charge in [0, 0.05) is 29.8 Å². The topological polar surface area (TPSA) is 171 Å². The van der Waals surface area contributed by atoms with Crippen LogP contribution in [-0.2, 0) is 9.47 Å². The van der Waals surface area contributed by atoms with Crippen molar-refractivity contribution in [2.24, 2.45) is 0 Å². The number of nitrogens with zero attached hydrogens (tertiary/aromatic N) is 4. The molecule has 1 aliphatic rings. The number of nitro groups is 1. The molecule has 4 rings (SSSR count). The average molecular weight is 468 g/mol. The fraction of sp³-hybridized carbons (Fsp3) is 0.286. The average Bonchev–Trinajstić information content (AvgIpc) is 3.49. The lowest BCUT2D eigenvalue weighted by atomic mass is 10.0. The van der Waals surface area contributed by atoms with Crippen molar-refractivity contribution in [1.82, 2.24) is 20.2 Å². The predicted molar refractivity (Wildman–Crippen MR) is 116 cm³/mol. The molecule has 0 radical (unpaired) electrons. The van der Waals surface area contributed by atoms with Gasteiger partial charge in [-0.1, -0.05) is 0 Å². The second-order valence-electron chi connectivity index (χ2n) is 7.46. The van der Waals surface area contributed by atoms with Gasteiger partial charge in [0.15, 0.2) is 11.5 Å². The second kappa shape index (κ2) is 9.94. The van der Waals surface area contributed by atoms with Crippen molar-refractivity contribution in [2.75, 3.05) is 12.4 Å². The molecule has 1 aromatic carbocycles. The number of nitrogens with one attached hydrogen (secondary N) is 2. The van der Waals surface area contributed by atoms with Crippen molar-refractivity contribution < 1.29 is 28.7 Å². The summed E-state index contributed by atoms with van der Waals surface area (Å²) in [5, 5.41) is 20.9. The van der Waals surface area contributed by atoms with Crippen LogP contribution in [0.15, 0.2) is 42.7 Å². The standard InChI is InChI=1S/C21H20N6O7/c1-32-20(28)17-10-23-19(11-22-17)24-18-9-16(25-26-18)12-2-5-15(8-12)34-21(29)33-14-6-3-13(4-7-14)27(30)31/h3-4,6-7,9-12,15H,2,5,8H2,1H3,(H2,23,24,25,26)/t12-,15+/m0/s1. The van der Waals surface area contributed by atoms with E-state index < -0.39 is 17.0 Å². The molecule has 34 heavy (non-hydrogen) atoms. The van der Waals surface area contributed by atoms with Crippen molar-refractivity contribution >= 4 is 29.4 Å². The second-order valence-corrected chi connectivity index (χ2v) is 7.46. The van der Waals surface area contributed by atoms with Crippen LogP contribution >= 0.6 is 0 Å². The molecule has 0 bridgehead atoms. The van der Waals surface area contributed by atoms with Crippen LogP contribution in [0.4, 0.5) is 22.1 Å². The third kappa shape index (κ3) is 5.43. The number of carbonyl (C=O) groups is 2. The first-order valence-electron chi connectivity index (χ1n) is 10.3. The molecule has 176 valence electrons. The molecule has 13 nitrogen and oxygen atoms in total. The Morgan fingerprint density at radius 1 is 1.15 bits per heavy atom. The van der Waals surface area contributed by atoms with Crippen molar-refractivity contribution in [3.63, 3.8) is 0 Å². The minimum atomic E-state index is -0.861. The molecule has 1 fully saturated rings. The molecule has 3 aromatic rings. The van der Waals surface area contributed by atoms with E-state index in [9.17, 15) is 19.7 Å². The number of ether oxygens (including phenoxy) is 3. The Kier molecular flexibility index (Phi) is 6.62.